The second kappa shape index (κ2) is 4.92. The second-order valence-electron chi connectivity index (χ2n) is 4.56. The lowest BCUT2D eigenvalue weighted by molar-refractivity contribution is -0.991. The summed E-state index contributed by atoms with van der Waals surface area (Å²) in [6, 6.07) is 12.9. The molecule has 20 heavy (non-hydrogen) atoms. The van der Waals surface area contributed by atoms with Gasteiger partial charge in [-0.3, -0.25) is 5.41 Å². The minimum atomic E-state index is -0.937. The lowest BCUT2D eigenvalue weighted by atomic mass is 10.1. The average Bonchev–Trinajstić information content (AvgIpc) is 2.73. The number of nitrogens with two attached hydrogens (primary N) is 1. The maximum Gasteiger partial charge on any atom is 0.164 e. The van der Waals surface area contributed by atoms with Gasteiger partial charge in [0.15, 0.2) is 10.9 Å². The summed E-state index contributed by atoms with van der Waals surface area (Å²) in [5, 5.41) is 26.8. The van der Waals surface area contributed by atoms with Crippen LogP contribution in [0.2, 0.25) is 0 Å². The maximum atomic E-state index is 11.1. The number of rotatable bonds is 2. The van der Waals surface area contributed by atoms with Gasteiger partial charge >= 0.3 is 0 Å². The van der Waals surface area contributed by atoms with Gasteiger partial charge in [0.05, 0.1) is 5.25 Å². The Morgan fingerprint density at radius 2 is 1.90 bits per heavy atom. The van der Waals surface area contributed by atoms with Crippen LogP contribution in [0.4, 0.5) is 5.69 Å². The highest BCUT2D eigenvalue weighted by Crippen LogP contribution is 2.50. The first-order valence-corrected chi connectivity index (χ1v) is 6.93. The summed E-state index contributed by atoms with van der Waals surface area (Å²) < 4.78 is 0. The van der Waals surface area contributed by atoms with Crippen LogP contribution in [0.15, 0.2) is 42.5 Å². The van der Waals surface area contributed by atoms with Crippen LogP contribution >= 0.6 is 11.8 Å². The molecule has 2 aromatic rings. The molecule has 0 bridgehead atoms. The summed E-state index contributed by atoms with van der Waals surface area (Å²) in [7, 11) is 0. The molecule has 2 aromatic carbocycles. The van der Waals surface area contributed by atoms with Crippen molar-refractivity contribution in [2.45, 2.75) is 5.25 Å². The number of amidine groups is 1. The van der Waals surface area contributed by atoms with E-state index in [2.05, 4.69) is 0 Å². The zero-order valence-electron chi connectivity index (χ0n) is 10.5. The van der Waals surface area contributed by atoms with Crippen LogP contribution in [0, 0.1) is 10.6 Å². The number of quaternary nitrogens is 1. The van der Waals surface area contributed by atoms with E-state index >= 15 is 0 Å². The fourth-order valence-corrected chi connectivity index (χ4v) is 3.46. The third kappa shape index (κ3) is 2.08. The van der Waals surface area contributed by atoms with E-state index in [9.17, 15) is 5.21 Å². The van der Waals surface area contributed by atoms with Crippen molar-refractivity contribution in [3.63, 3.8) is 0 Å². The van der Waals surface area contributed by atoms with Gasteiger partial charge in [0.2, 0.25) is 0 Å². The van der Waals surface area contributed by atoms with Crippen molar-refractivity contribution >= 4 is 22.6 Å². The predicted octanol–water partition coefficient (Wildman–Crippen LogP) is 1.79. The highest BCUT2D eigenvalue weighted by atomic mass is 32.2. The minimum Gasteiger partial charge on any atom is -0.595 e. The molecular weight excluding hydrogens is 274 g/mol. The molecule has 102 valence electrons. The lowest BCUT2D eigenvalue weighted by Crippen LogP contribution is -2.99. The Labute approximate surface area is 120 Å². The summed E-state index contributed by atoms with van der Waals surface area (Å²) in [6.45, 7) is 0. The topological polar surface area (TPSA) is 97.6 Å². The van der Waals surface area contributed by atoms with E-state index < -0.39 is 5.23 Å². The van der Waals surface area contributed by atoms with Gasteiger partial charge in [0, 0.05) is 12.1 Å². The van der Waals surface area contributed by atoms with Crippen LogP contribution in [-0.2, 0) is 0 Å². The van der Waals surface area contributed by atoms with Crippen molar-refractivity contribution in [1.82, 2.24) is 0 Å². The first-order valence-electron chi connectivity index (χ1n) is 6.05. The maximum absolute atomic E-state index is 11.1. The normalized spacial score (nSPS) is 17.4. The smallest absolute Gasteiger partial charge is 0.164 e. The number of benzene rings is 2. The molecule has 0 radical (unpaired) electrons. The summed E-state index contributed by atoms with van der Waals surface area (Å²) >= 11 is 1.28. The standard InChI is InChI=1S/C14H13N3O2S/c15-14(16)20-13-10-4-2-1-3-9(10)12-7-8(17(18)19)5-6-11(12)13/h1-7,13,17-18H,(H3,15,16). The zero-order valence-corrected chi connectivity index (χ0v) is 11.3. The molecule has 0 amide bonds. The molecule has 0 aromatic heterocycles. The van der Waals surface area contributed by atoms with Crippen LogP contribution in [0.25, 0.3) is 11.1 Å². The minimum absolute atomic E-state index is 0.0402. The summed E-state index contributed by atoms with van der Waals surface area (Å²) in [5.74, 6) is 0. The van der Waals surface area contributed by atoms with Crippen LogP contribution in [0.3, 0.4) is 0 Å². The lowest BCUT2D eigenvalue weighted by Gasteiger charge is -2.14. The van der Waals surface area contributed by atoms with Crippen molar-refractivity contribution in [3.05, 3.63) is 58.8 Å². The summed E-state index contributed by atoms with van der Waals surface area (Å²) in [6.07, 6.45) is 0. The molecule has 3 rings (SSSR count). The van der Waals surface area contributed by atoms with E-state index in [1.807, 2.05) is 30.3 Å². The third-order valence-corrected chi connectivity index (χ3v) is 4.36. The molecule has 0 saturated carbocycles. The van der Waals surface area contributed by atoms with Gasteiger partial charge in [-0.05, 0) is 22.3 Å². The Bertz CT molecular complexity index is 688. The highest BCUT2D eigenvalue weighted by Gasteiger charge is 2.30. The molecule has 0 saturated heterocycles. The molecule has 0 heterocycles. The van der Waals surface area contributed by atoms with Crippen molar-refractivity contribution in [2.75, 3.05) is 0 Å². The van der Waals surface area contributed by atoms with Gasteiger partial charge in [-0.25, -0.2) is 5.21 Å². The number of fused-ring (bicyclic) bond motifs is 3. The number of hydrogen-bond donors (Lipinski definition) is 4. The predicted molar refractivity (Wildman–Crippen MR) is 79.0 cm³/mol. The van der Waals surface area contributed by atoms with E-state index in [0.717, 1.165) is 22.3 Å². The molecular formula is C14H13N3O2S. The summed E-state index contributed by atoms with van der Waals surface area (Å²) in [5.41, 5.74) is 9.81. The molecule has 0 spiro atoms. The summed E-state index contributed by atoms with van der Waals surface area (Å²) in [4.78, 5) is 0. The van der Waals surface area contributed by atoms with E-state index in [4.69, 9.17) is 16.4 Å². The fraction of sp³-hybridized carbons (Fsp3) is 0.0714. The van der Waals surface area contributed by atoms with Crippen molar-refractivity contribution in [1.29, 1.82) is 5.41 Å². The van der Waals surface area contributed by atoms with Gasteiger partial charge in [-0.2, -0.15) is 5.23 Å². The van der Waals surface area contributed by atoms with E-state index in [-0.39, 0.29) is 16.1 Å². The van der Waals surface area contributed by atoms with Gasteiger partial charge in [0.25, 0.3) is 0 Å². The van der Waals surface area contributed by atoms with Crippen LogP contribution < -0.4 is 11.0 Å². The Morgan fingerprint density at radius 1 is 1.20 bits per heavy atom. The Kier molecular flexibility index (Phi) is 3.23. The monoisotopic (exact) mass is 287 g/mol. The van der Waals surface area contributed by atoms with Crippen LogP contribution in [-0.4, -0.2) is 10.4 Å². The van der Waals surface area contributed by atoms with Crippen LogP contribution in [0.1, 0.15) is 16.4 Å². The van der Waals surface area contributed by atoms with E-state index in [1.54, 1.807) is 12.1 Å². The first kappa shape index (κ1) is 13.1. The number of nitrogens with one attached hydrogen (secondary N) is 2. The molecule has 5 nitrogen and oxygen atoms in total. The van der Waals surface area contributed by atoms with Crippen molar-refractivity contribution in [2.24, 2.45) is 5.73 Å². The van der Waals surface area contributed by atoms with E-state index in [0.29, 0.717) is 0 Å². The van der Waals surface area contributed by atoms with Crippen molar-refractivity contribution in [3.8, 4) is 11.1 Å². The molecule has 5 N–H and O–H groups in total. The van der Waals surface area contributed by atoms with Crippen molar-refractivity contribution < 1.29 is 10.4 Å². The largest absolute Gasteiger partial charge is 0.595 e. The number of thioether (sulfide) groups is 1. The molecule has 1 aliphatic carbocycles. The van der Waals surface area contributed by atoms with E-state index in [1.165, 1.54) is 11.8 Å². The molecule has 2 atom stereocenters. The Balaban J connectivity index is 2.17. The zero-order chi connectivity index (χ0) is 14.3. The second-order valence-corrected chi connectivity index (χ2v) is 5.70. The molecule has 1 aliphatic rings. The SMILES string of the molecule is N=C(N)SC1c2ccccc2-c2cc([NH+]([O-])O)ccc21. The average molecular weight is 287 g/mol. The fourth-order valence-electron chi connectivity index (χ4n) is 2.54. The molecule has 6 heteroatoms. The Hall–Kier alpha value is -1.86. The van der Waals surface area contributed by atoms with Crippen LogP contribution in [0.5, 0.6) is 0 Å². The van der Waals surface area contributed by atoms with Gasteiger partial charge < -0.3 is 10.9 Å². The molecule has 0 aliphatic heterocycles. The highest BCUT2D eigenvalue weighted by molar-refractivity contribution is 8.14. The number of hydrogen-bond acceptors (Lipinski definition) is 4. The van der Waals surface area contributed by atoms with Gasteiger partial charge in [0.1, 0.15) is 0 Å². The molecule has 2 unspecified atom stereocenters. The molecule has 0 fully saturated rings. The third-order valence-electron chi connectivity index (χ3n) is 3.36. The quantitative estimate of drug-likeness (QED) is 0.384. The van der Waals surface area contributed by atoms with Gasteiger partial charge in [-0.1, -0.05) is 42.1 Å². The first-order chi connectivity index (χ1) is 9.58. The van der Waals surface area contributed by atoms with Gasteiger partial charge in [-0.15, -0.1) is 0 Å². The Morgan fingerprint density at radius 3 is 2.60 bits per heavy atom.